The minimum atomic E-state index is -0.0957. The van der Waals surface area contributed by atoms with Crippen LogP contribution in [0.25, 0.3) is 10.9 Å². The smallest absolute Gasteiger partial charge is 0.262 e. The minimum absolute atomic E-state index is 0.0957. The van der Waals surface area contributed by atoms with E-state index in [2.05, 4.69) is 33.2 Å². The van der Waals surface area contributed by atoms with Crippen LogP contribution in [0.3, 0.4) is 0 Å². The number of aromatic nitrogens is 4. The van der Waals surface area contributed by atoms with Gasteiger partial charge in [0.25, 0.3) is 5.56 Å². The Kier molecular flexibility index (Phi) is 5.83. The van der Waals surface area contributed by atoms with Gasteiger partial charge in [-0.25, -0.2) is 9.97 Å². The van der Waals surface area contributed by atoms with Crippen LogP contribution in [0.15, 0.2) is 83.5 Å². The second kappa shape index (κ2) is 8.68. The van der Waals surface area contributed by atoms with E-state index in [9.17, 15) is 4.79 Å². The van der Waals surface area contributed by atoms with Gasteiger partial charge < -0.3 is 4.57 Å². The average Bonchev–Trinajstić information content (AvgIpc) is 3.16. The Hall–Kier alpha value is -2.83. The summed E-state index contributed by atoms with van der Waals surface area (Å²) in [5, 5.41) is 1.73. The third-order valence-corrected chi connectivity index (χ3v) is 5.73. The number of fused-ring (bicyclic) bond motifs is 1. The monoisotopic (exact) mass is 422 g/mol. The van der Waals surface area contributed by atoms with Gasteiger partial charge in [0.15, 0.2) is 5.16 Å². The van der Waals surface area contributed by atoms with Crippen molar-refractivity contribution in [2.24, 2.45) is 0 Å². The number of nitrogens with zero attached hydrogens (tertiary/aromatic N) is 4. The van der Waals surface area contributed by atoms with Crippen molar-refractivity contribution < 1.29 is 0 Å². The molecular weight excluding hydrogens is 404 g/mol. The topological polar surface area (TPSA) is 52.7 Å². The van der Waals surface area contributed by atoms with E-state index in [0.717, 1.165) is 12.4 Å². The molecule has 0 atom stereocenters. The fourth-order valence-electron chi connectivity index (χ4n) is 3.11. The van der Waals surface area contributed by atoms with Crippen LogP contribution in [0, 0.1) is 0 Å². The zero-order chi connectivity index (χ0) is 20.2. The molecule has 29 heavy (non-hydrogen) atoms. The molecule has 2 aromatic heterocycles. The number of halogens is 1. The predicted molar refractivity (Wildman–Crippen MR) is 119 cm³/mol. The first kappa shape index (κ1) is 19.5. The van der Waals surface area contributed by atoms with E-state index in [1.54, 1.807) is 35.0 Å². The summed E-state index contributed by atoms with van der Waals surface area (Å²) in [5.41, 5.74) is 1.71. The van der Waals surface area contributed by atoms with Gasteiger partial charge >= 0.3 is 0 Å². The summed E-state index contributed by atoms with van der Waals surface area (Å²) >= 11 is 7.58. The largest absolute Gasteiger partial charge is 0.330 e. The van der Waals surface area contributed by atoms with Crippen molar-refractivity contribution in [1.82, 2.24) is 19.1 Å². The molecule has 0 saturated carbocycles. The molecule has 0 saturated heterocycles. The number of allylic oxidation sites excluding steroid dienone is 1. The fraction of sp³-hybridized carbons (Fsp3) is 0.136. The van der Waals surface area contributed by atoms with Gasteiger partial charge in [-0.15, -0.1) is 6.58 Å². The van der Waals surface area contributed by atoms with Crippen molar-refractivity contribution >= 4 is 34.3 Å². The van der Waals surface area contributed by atoms with E-state index < -0.39 is 0 Å². The molecule has 0 amide bonds. The molecule has 0 radical (unpaired) electrons. The Balaban J connectivity index is 1.63. The number of thioether (sulfide) groups is 1. The standard InChI is InChI=1S/C22H19ClN4OS/c1-2-11-27-21(28)18-9-8-17(23)13-19(18)25-22(27)29-15-20-24-10-12-26(20)14-16-6-4-3-5-7-16/h2-10,12-13H,1,11,14-15H2. The number of imidazole rings is 1. The summed E-state index contributed by atoms with van der Waals surface area (Å²) in [7, 11) is 0. The van der Waals surface area contributed by atoms with E-state index in [0.29, 0.717) is 33.4 Å². The lowest BCUT2D eigenvalue weighted by molar-refractivity contribution is 0.670. The Morgan fingerprint density at radius 1 is 1.17 bits per heavy atom. The number of hydrogen-bond donors (Lipinski definition) is 0. The normalized spacial score (nSPS) is 11.1. The Bertz CT molecular complexity index is 1220. The molecule has 0 bridgehead atoms. The van der Waals surface area contributed by atoms with Gasteiger partial charge in [0.1, 0.15) is 5.82 Å². The van der Waals surface area contributed by atoms with Crippen LogP contribution >= 0.6 is 23.4 Å². The lowest BCUT2D eigenvalue weighted by Crippen LogP contribution is -2.22. The maximum atomic E-state index is 12.9. The Labute approximate surface area is 177 Å². The molecule has 7 heteroatoms. The lowest BCUT2D eigenvalue weighted by atomic mass is 10.2. The highest BCUT2D eigenvalue weighted by Gasteiger charge is 2.13. The van der Waals surface area contributed by atoms with Gasteiger partial charge in [0.05, 0.1) is 16.7 Å². The molecule has 4 rings (SSSR count). The van der Waals surface area contributed by atoms with Crippen molar-refractivity contribution in [2.45, 2.75) is 24.0 Å². The second-order valence-electron chi connectivity index (χ2n) is 6.51. The van der Waals surface area contributed by atoms with Gasteiger partial charge in [-0.2, -0.15) is 0 Å². The zero-order valence-electron chi connectivity index (χ0n) is 15.7. The molecule has 0 aliphatic heterocycles. The SMILES string of the molecule is C=CCn1c(SCc2nccn2Cc2ccccc2)nc2cc(Cl)ccc2c1=O. The van der Waals surface area contributed by atoms with E-state index in [1.165, 1.54) is 17.3 Å². The summed E-state index contributed by atoms with van der Waals surface area (Å²) in [6.45, 7) is 4.91. The van der Waals surface area contributed by atoms with Crippen molar-refractivity contribution in [3.63, 3.8) is 0 Å². The lowest BCUT2D eigenvalue weighted by Gasteiger charge is -2.12. The van der Waals surface area contributed by atoms with Crippen LogP contribution < -0.4 is 5.56 Å². The van der Waals surface area contributed by atoms with Gasteiger partial charge in [-0.1, -0.05) is 59.8 Å². The number of hydrogen-bond acceptors (Lipinski definition) is 4. The minimum Gasteiger partial charge on any atom is -0.330 e. The maximum absolute atomic E-state index is 12.9. The van der Waals surface area contributed by atoms with Crippen LogP contribution in [0.1, 0.15) is 11.4 Å². The summed E-state index contributed by atoms with van der Waals surface area (Å²) < 4.78 is 3.74. The van der Waals surface area contributed by atoms with Crippen molar-refractivity contribution in [3.8, 4) is 0 Å². The first-order valence-corrected chi connectivity index (χ1v) is 10.5. The van der Waals surface area contributed by atoms with Gasteiger partial charge in [0.2, 0.25) is 0 Å². The van der Waals surface area contributed by atoms with Gasteiger partial charge in [0, 0.05) is 30.5 Å². The second-order valence-corrected chi connectivity index (χ2v) is 7.88. The van der Waals surface area contributed by atoms with Gasteiger partial charge in [-0.3, -0.25) is 9.36 Å². The molecule has 2 aromatic carbocycles. The molecule has 2 heterocycles. The Morgan fingerprint density at radius 2 is 2.00 bits per heavy atom. The molecule has 4 aromatic rings. The first-order valence-electron chi connectivity index (χ1n) is 9.13. The first-order chi connectivity index (χ1) is 14.2. The quantitative estimate of drug-likeness (QED) is 0.244. The van der Waals surface area contributed by atoms with E-state index >= 15 is 0 Å². The van der Waals surface area contributed by atoms with E-state index in [4.69, 9.17) is 11.6 Å². The third-order valence-electron chi connectivity index (χ3n) is 4.52. The highest BCUT2D eigenvalue weighted by atomic mass is 35.5. The fourth-order valence-corrected chi connectivity index (χ4v) is 4.25. The average molecular weight is 423 g/mol. The van der Waals surface area contributed by atoms with Crippen LogP contribution in [0.2, 0.25) is 5.02 Å². The molecule has 0 unspecified atom stereocenters. The number of rotatable bonds is 7. The highest BCUT2D eigenvalue weighted by molar-refractivity contribution is 7.98. The zero-order valence-corrected chi connectivity index (χ0v) is 17.2. The summed E-state index contributed by atoms with van der Waals surface area (Å²) in [6, 6.07) is 15.4. The molecule has 0 N–H and O–H groups in total. The van der Waals surface area contributed by atoms with Gasteiger partial charge in [-0.05, 0) is 23.8 Å². The molecule has 146 valence electrons. The van der Waals surface area contributed by atoms with Crippen LogP contribution in [0.4, 0.5) is 0 Å². The van der Waals surface area contributed by atoms with Crippen LogP contribution in [-0.4, -0.2) is 19.1 Å². The predicted octanol–water partition coefficient (Wildman–Crippen LogP) is 4.77. The third kappa shape index (κ3) is 4.28. The molecule has 5 nitrogen and oxygen atoms in total. The molecule has 0 aliphatic carbocycles. The molecule has 0 spiro atoms. The number of benzene rings is 2. The summed E-state index contributed by atoms with van der Waals surface area (Å²) in [6.07, 6.45) is 5.46. The van der Waals surface area contributed by atoms with E-state index in [-0.39, 0.29) is 5.56 Å². The molecule has 0 fully saturated rings. The Morgan fingerprint density at radius 3 is 2.79 bits per heavy atom. The van der Waals surface area contributed by atoms with Crippen molar-refractivity contribution in [1.29, 1.82) is 0 Å². The summed E-state index contributed by atoms with van der Waals surface area (Å²) in [4.78, 5) is 22.1. The van der Waals surface area contributed by atoms with Crippen molar-refractivity contribution in [2.75, 3.05) is 0 Å². The van der Waals surface area contributed by atoms with Crippen molar-refractivity contribution in [3.05, 3.63) is 100 Å². The van der Waals surface area contributed by atoms with Crippen LogP contribution in [0.5, 0.6) is 0 Å². The molecular formula is C22H19ClN4OS. The van der Waals surface area contributed by atoms with Crippen LogP contribution in [-0.2, 0) is 18.8 Å². The highest BCUT2D eigenvalue weighted by Crippen LogP contribution is 2.23. The molecule has 0 aliphatic rings. The van der Waals surface area contributed by atoms with E-state index in [1.807, 2.05) is 24.4 Å². The maximum Gasteiger partial charge on any atom is 0.262 e. The summed E-state index contributed by atoms with van der Waals surface area (Å²) in [5.74, 6) is 1.51.